The van der Waals surface area contributed by atoms with Crippen LogP contribution in [0, 0.1) is 11.8 Å². The van der Waals surface area contributed by atoms with E-state index in [1.807, 2.05) is 37.3 Å². The summed E-state index contributed by atoms with van der Waals surface area (Å²) < 4.78 is 5.41. The van der Waals surface area contributed by atoms with Crippen LogP contribution in [0.5, 0.6) is 0 Å². The van der Waals surface area contributed by atoms with Crippen LogP contribution in [0.4, 0.5) is 0 Å². The molecule has 1 aliphatic rings. The summed E-state index contributed by atoms with van der Waals surface area (Å²) in [6.07, 6.45) is 0.712. The Bertz CT molecular complexity index is 1210. The molecule has 2 aromatic carbocycles. The largest absolute Gasteiger partial charge is 0.393 e. The van der Waals surface area contributed by atoms with Gasteiger partial charge in [-0.2, -0.15) is 5.10 Å². The molecule has 190 valence electrons. The molecule has 4 rings (SSSR count). The van der Waals surface area contributed by atoms with Crippen molar-refractivity contribution in [2.45, 2.75) is 51.3 Å². The number of benzene rings is 2. The number of nitrogens with one attached hydrogen (secondary N) is 1. The number of aliphatic hydroxyl groups excluding tert-OH is 1. The summed E-state index contributed by atoms with van der Waals surface area (Å²) in [5.41, 5.74) is 4.59. The number of fused-ring (bicyclic) bond motifs is 1. The Kier molecular flexibility index (Phi) is 8.73. The Morgan fingerprint density at radius 1 is 1.17 bits per heavy atom. The molecular weight excluding hydrogens is 456 g/mol. The topological polar surface area (TPSA) is 102 Å². The third kappa shape index (κ3) is 6.31. The van der Waals surface area contributed by atoms with Gasteiger partial charge < -0.3 is 9.84 Å². The number of morpholine rings is 1. The van der Waals surface area contributed by atoms with Crippen LogP contribution in [0.3, 0.4) is 0 Å². The molecule has 3 N–H and O–H groups in total. The molecule has 2 heterocycles. The van der Waals surface area contributed by atoms with Crippen molar-refractivity contribution >= 4 is 17.3 Å². The van der Waals surface area contributed by atoms with Gasteiger partial charge >= 0.3 is 0 Å². The first-order valence-electron chi connectivity index (χ1n) is 12.5. The van der Waals surface area contributed by atoms with Gasteiger partial charge in [0.25, 0.3) is 0 Å². The number of aromatic nitrogens is 2. The number of rotatable bonds is 9. The van der Waals surface area contributed by atoms with Crippen molar-refractivity contribution in [1.82, 2.24) is 20.2 Å². The number of aliphatic hydroxyl groups is 1. The van der Waals surface area contributed by atoms with Crippen LogP contribution in [0.2, 0.25) is 0 Å². The van der Waals surface area contributed by atoms with Crippen LogP contribution in [0.1, 0.15) is 55.0 Å². The number of hydrogen-bond donors (Lipinski definition) is 3. The van der Waals surface area contributed by atoms with Crippen molar-refractivity contribution in [2.24, 2.45) is 0 Å². The first kappa shape index (κ1) is 25.9. The zero-order valence-electron chi connectivity index (χ0n) is 20.9. The fraction of sp³-hybridized carbons (Fsp3) is 0.429. The van der Waals surface area contributed by atoms with E-state index in [0.29, 0.717) is 24.3 Å². The lowest BCUT2D eigenvalue weighted by atomic mass is 9.87. The number of H-pyrrole nitrogens is 1. The van der Waals surface area contributed by atoms with E-state index in [2.05, 4.69) is 39.1 Å². The summed E-state index contributed by atoms with van der Waals surface area (Å²) in [7, 11) is 0. The highest BCUT2D eigenvalue weighted by molar-refractivity contribution is 5.83. The maximum absolute atomic E-state index is 11.2. The molecule has 3 aromatic rings. The molecule has 1 saturated heterocycles. The van der Waals surface area contributed by atoms with Crippen LogP contribution < -0.4 is 0 Å². The molecule has 0 saturated carbocycles. The minimum Gasteiger partial charge on any atom is -0.393 e. The lowest BCUT2D eigenvalue weighted by Gasteiger charge is -2.30. The molecule has 0 spiro atoms. The van der Waals surface area contributed by atoms with Gasteiger partial charge in [0.2, 0.25) is 6.41 Å². The van der Waals surface area contributed by atoms with Gasteiger partial charge in [-0.25, -0.2) is 5.06 Å². The number of amides is 1. The molecule has 8 nitrogen and oxygen atoms in total. The molecule has 36 heavy (non-hydrogen) atoms. The molecule has 0 radical (unpaired) electrons. The highest BCUT2D eigenvalue weighted by Gasteiger charge is 2.30. The van der Waals surface area contributed by atoms with Crippen LogP contribution in [0.15, 0.2) is 42.5 Å². The Morgan fingerprint density at radius 2 is 1.86 bits per heavy atom. The van der Waals surface area contributed by atoms with Gasteiger partial charge in [-0.3, -0.25) is 20.0 Å². The molecule has 0 bridgehead atoms. The number of hydroxylamine groups is 2. The predicted octanol–water partition coefficient (Wildman–Crippen LogP) is 3.28. The van der Waals surface area contributed by atoms with E-state index < -0.39 is 12.1 Å². The number of carbonyl (C=O) groups is 1. The van der Waals surface area contributed by atoms with Gasteiger partial charge in [-0.1, -0.05) is 30.9 Å². The quantitative estimate of drug-likeness (QED) is 0.184. The Morgan fingerprint density at radius 3 is 2.53 bits per heavy atom. The Hall–Kier alpha value is -3.22. The maximum atomic E-state index is 11.2. The second kappa shape index (κ2) is 12.2. The SMILES string of the molecule is CC[C@@H]([C@@H](CC(C)O)c1[nH]nc2cc(C#Cc3ccc(CN4CCOCC4)cc3)ccc12)N(O)C=O. The predicted molar refractivity (Wildman–Crippen MR) is 137 cm³/mol. The molecule has 8 heteroatoms. The van der Waals surface area contributed by atoms with Gasteiger partial charge in [0.05, 0.1) is 30.9 Å². The van der Waals surface area contributed by atoms with Crippen molar-refractivity contribution in [3.8, 4) is 11.8 Å². The molecule has 1 fully saturated rings. The van der Waals surface area contributed by atoms with E-state index in [9.17, 15) is 15.1 Å². The zero-order valence-corrected chi connectivity index (χ0v) is 20.9. The smallest absolute Gasteiger partial charge is 0.233 e. The minimum absolute atomic E-state index is 0.303. The fourth-order valence-corrected chi connectivity index (χ4v) is 4.82. The fourth-order valence-electron chi connectivity index (χ4n) is 4.82. The third-order valence-electron chi connectivity index (χ3n) is 6.70. The van der Waals surface area contributed by atoms with Crippen molar-refractivity contribution in [1.29, 1.82) is 0 Å². The molecule has 1 aromatic heterocycles. The minimum atomic E-state index is -0.604. The molecule has 3 atom stereocenters. The van der Waals surface area contributed by atoms with Gasteiger partial charge in [0.15, 0.2) is 0 Å². The van der Waals surface area contributed by atoms with E-state index in [1.165, 1.54) is 5.56 Å². The van der Waals surface area contributed by atoms with Crippen molar-refractivity contribution in [3.05, 3.63) is 64.8 Å². The number of aromatic amines is 1. The summed E-state index contributed by atoms with van der Waals surface area (Å²) in [6, 6.07) is 13.7. The van der Waals surface area contributed by atoms with Crippen molar-refractivity contribution < 1.29 is 19.8 Å². The summed E-state index contributed by atoms with van der Waals surface area (Å²) >= 11 is 0. The van der Waals surface area contributed by atoms with Crippen molar-refractivity contribution in [3.63, 3.8) is 0 Å². The van der Waals surface area contributed by atoms with Gasteiger partial charge in [0.1, 0.15) is 0 Å². The van der Waals surface area contributed by atoms with Gasteiger partial charge in [-0.15, -0.1) is 0 Å². The van der Waals surface area contributed by atoms with Crippen LogP contribution in [-0.2, 0) is 16.1 Å². The monoisotopic (exact) mass is 490 g/mol. The van der Waals surface area contributed by atoms with Crippen molar-refractivity contribution in [2.75, 3.05) is 26.3 Å². The lowest BCUT2D eigenvalue weighted by molar-refractivity contribution is -0.163. The first-order chi connectivity index (χ1) is 17.5. The second-order valence-electron chi connectivity index (χ2n) is 9.36. The number of hydrogen-bond acceptors (Lipinski definition) is 6. The van der Waals surface area contributed by atoms with Gasteiger partial charge in [0, 0.05) is 47.8 Å². The maximum Gasteiger partial charge on any atom is 0.233 e. The highest BCUT2D eigenvalue weighted by atomic mass is 16.5. The van der Waals surface area contributed by atoms with E-state index in [-0.39, 0.29) is 5.92 Å². The average Bonchev–Trinajstić information content (AvgIpc) is 3.31. The zero-order chi connectivity index (χ0) is 25.5. The number of ether oxygens (including phenoxy) is 1. The lowest BCUT2D eigenvalue weighted by Crippen LogP contribution is -2.37. The standard InChI is InChI=1S/C28H34N4O4/c1-3-27(32(35)19-33)25(16-20(2)34)28-24-11-10-22(17-26(24)29-30-28)7-4-21-5-8-23(9-6-21)18-31-12-14-36-15-13-31/h5-6,8-11,17,19-20,25,27,34-35H,3,12-16,18H2,1-2H3,(H,29,30)/t20?,25-,27+/m1/s1. The third-order valence-corrected chi connectivity index (χ3v) is 6.70. The summed E-state index contributed by atoms with van der Waals surface area (Å²) in [6.45, 7) is 8.04. The van der Waals surface area contributed by atoms with E-state index in [1.54, 1.807) is 6.92 Å². The Balaban J connectivity index is 1.51. The molecule has 1 aliphatic heterocycles. The first-order valence-corrected chi connectivity index (χ1v) is 12.5. The molecule has 0 aliphatic carbocycles. The van der Waals surface area contributed by atoms with Crippen LogP contribution in [-0.4, -0.2) is 75.3 Å². The van der Waals surface area contributed by atoms with E-state index in [4.69, 9.17) is 4.74 Å². The van der Waals surface area contributed by atoms with Gasteiger partial charge in [-0.05, 0) is 55.7 Å². The van der Waals surface area contributed by atoms with E-state index in [0.717, 1.165) is 60.6 Å². The number of carbonyl (C=O) groups excluding carboxylic acids is 1. The second-order valence-corrected chi connectivity index (χ2v) is 9.36. The average molecular weight is 491 g/mol. The summed E-state index contributed by atoms with van der Waals surface area (Å²) in [5, 5.41) is 29.3. The molecule has 1 amide bonds. The molecular formula is C28H34N4O4. The summed E-state index contributed by atoms with van der Waals surface area (Å²) in [4.78, 5) is 13.6. The van der Waals surface area contributed by atoms with E-state index >= 15 is 0 Å². The molecule has 1 unspecified atom stereocenters. The normalized spacial score (nSPS) is 16.7. The number of nitrogens with zero attached hydrogens (tertiary/aromatic N) is 3. The summed E-state index contributed by atoms with van der Waals surface area (Å²) in [5.74, 6) is 6.15. The highest BCUT2D eigenvalue weighted by Crippen LogP contribution is 2.33. The Labute approximate surface area is 211 Å². The van der Waals surface area contributed by atoms with Crippen LogP contribution in [0.25, 0.3) is 10.9 Å². The van der Waals surface area contributed by atoms with Crippen LogP contribution >= 0.6 is 0 Å².